The van der Waals surface area contributed by atoms with E-state index < -0.39 is 27.7 Å². The van der Waals surface area contributed by atoms with E-state index in [0.717, 1.165) is 10.4 Å². The average molecular weight is 330 g/mol. The number of rotatable bonds is 5. The van der Waals surface area contributed by atoms with Gasteiger partial charge < -0.3 is 10.5 Å². The maximum Gasteiger partial charge on any atom is 0.243 e. The molecule has 0 aromatic heterocycles. The molecule has 0 saturated carbocycles. The van der Waals surface area contributed by atoms with Crippen molar-refractivity contribution in [2.24, 2.45) is 17.6 Å². The number of sulfonamides is 1. The van der Waals surface area contributed by atoms with Gasteiger partial charge in [0.25, 0.3) is 0 Å². The van der Waals surface area contributed by atoms with Gasteiger partial charge in [0.1, 0.15) is 5.82 Å². The van der Waals surface area contributed by atoms with Crippen LogP contribution in [0.1, 0.15) is 5.56 Å². The van der Waals surface area contributed by atoms with Crippen LogP contribution in [0.15, 0.2) is 23.1 Å². The molecule has 8 heteroatoms. The van der Waals surface area contributed by atoms with Gasteiger partial charge in [0.2, 0.25) is 15.9 Å². The summed E-state index contributed by atoms with van der Waals surface area (Å²) < 4.78 is 45.0. The van der Waals surface area contributed by atoms with Gasteiger partial charge in [-0.2, -0.15) is 4.31 Å². The summed E-state index contributed by atoms with van der Waals surface area (Å²) in [5.41, 5.74) is 5.70. The zero-order valence-corrected chi connectivity index (χ0v) is 13.3. The summed E-state index contributed by atoms with van der Waals surface area (Å²) in [5.74, 6) is -2.05. The molecule has 0 aliphatic carbocycles. The number of benzene rings is 1. The number of ether oxygens (including phenoxy) is 1. The lowest BCUT2D eigenvalue weighted by Gasteiger charge is -2.16. The predicted molar refractivity (Wildman–Crippen MR) is 77.9 cm³/mol. The summed E-state index contributed by atoms with van der Waals surface area (Å²) in [7, 11) is -2.39. The van der Waals surface area contributed by atoms with E-state index in [0.29, 0.717) is 5.56 Å². The lowest BCUT2D eigenvalue weighted by molar-refractivity contribution is -0.122. The van der Waals surface area contributed by atoms with Crippen LogP contribution in [-0.2, 0) is 19.6 Å². The molecule has 2 unspecified atom stereocenters. The summed E-state index contributed by atoms with van der Waals surface area (Å²) >= 11 is 0. The van der Waals surface area contributed by atoms with Crippen molar-refractivity contribution in [3.63, 3.8) is 0 Å². The topological polar surface area (TPSA) is 89.7 Å². The number of nitrogens with two attached hydrogens (primary N) is 1. The van der Waals surface area contributed by atoms with Crippen molar-refractivity contribution in [2.75, 3.05) is 26.8 Å². The normalized spacial score (nSPS) is 22.9. The van der Waals surface area contributed by atoms with Gasteiger partial charge in [-0.25, -0.2) is 12.8 Å². The summed E-state index contributed by atoms with van der Waals surface area (Å²) in [6, 6.07) is 3.76. The van der Waals surface area contributed by atoms with Crippen molar-refractivity contribution >= 4 is 15.9 Å². The number of hydrogen-bond acceptors (Lipinski definition) is 4. The van der Waals surface area contributed by atoms with E-state index in [2.05, 4.69) is 0 Å². The highest BCUT2D eigenvalue weighted by Gasteiger charge is 2.42. The number of carbonyl (C=O) groups excluding carboxylic acids is 1. The van der Waals surface area contributed by atoms with Crippen molar-refractivity contribution in [2.45, 2.75) is 11.8 Å². The molecular formula is C14H19FN2O4S. The van der Waals surface area contributed by atoms with Gasteiger partial charge in [-0.1, -0.05) is 6.07 Å². The smallest absolute Gasteiger partial charge is 0.243 e. The molecule has 2 atom stereocenters. The Bertz CT molecular complexity index is 677. The van der Waals surface area contributed by atoms with Crippen LogP contribution >= 0.6 is 0 Å². The first-order valence-electron chi connectivity index (χ1n) is 6.82. The van der Waals surface area contributed by atoms with E-state index in [1.807, 2.05) is 0 Å². The van der Waals surface area contributed by atoms with Crippen LogP contribution in [0.3, 0.4) is 0 Å². The second-order valence-electron chi connectivity index (χ2n) is 5.46. The maximum atomic E-state index is 13.6. The van der Waals surface area contributed by atoms with E-state index >= 15 is 0 Å². The lowest BCUT2D eigenvalue weighted by Crippen LogP contribution is -2.32. The van der Waals surface area contributed by atoms with E-state index in [-0.39, 0.29) is 30.5 Å². The monoisotopic (exact) mass is 330 g/mol. The van der Waals surface area contributed by atoms with Crippen LogP contribution in [0.25, 0.3) is 0 Å². The molecule has 1 aliphatic rings. The van der Waals surface area contributed by atoms with Crippen LogP contribution < -0.4 is 5.73 Å². The number of halogens is 1. The van der Waals surface area contributed by atoms with Crippen LogP contribution in [-0.4, -0.2) is 45.4 Å². The molecule has 1 aromatic rings. The zero-order chi connectivity index (χ0) is 16.5. The van der Waals surface area contributed by atoms with Crippen molar-refractivity contribution < 1.29 is 22.3 Å². The molecule has 1 saturated heterocycles. The molecule has 1 amide bonds. The number of methoxy groups -OCH3 is 1. The van der Waals surface area contributed by atoms with Crippen LogP contribution in [0.4, 0.5) is 4.39 Å². The number of hydrogen-bond donors (Lipinski definition) is 1. The molecule has 1 fully saturated rings. The second kappa shape index (κ2) is 6.31. The lowest BCUT2D eigenvalue weighted by atomic mass is 9.96. The van der Waals surface area contributed by atoms with Gasteiger partial charge >= 0.3 is 0 Å². The Balaban J connectivity index is 2.30. The SMILES string of the molecule is COCC1CN(S(=O)(=O)c2ccc(C)c(F)c2)CC1C(N)=O. The number of aryl methyl sites for hydroxylation is 1. The Morgan fingerprint density at radius 1 is 1.45 bits per heavy atom. The highest BCUT2D eigenvalue weighted by Crippen LogP contribution is 2.29. The molecule has 122 valence electrons. The van der Waals surface area contributed by atoms with Crippen LogP contribution in [0.5, 0.6) is 0 Å². The van der Waals surface area contributed by atoms with Crippen LogP contribution in [0, 0.1) is 24.6 Å². The standard InChI is InChI=1S/C14H19FN2O4S/c1-9-3-4-11(5-13(9)15)22(19,20)17-6-10(8-21-2)12(7-17)14(16)18/h3-5,10,12H,6-8H2,1-2H3,(H2,16,18). The molecule has 0 spiro atoms. The van der Waals surface area contributed by atoms with Crippen molar-refractivity contribution in [3.8, 4) is 0 Å². The molecule has 0 bridgehead atoms. The van der Waals surface area contributed by atoms with E-state index in [9.17, 15) is 17.6 Å². The fraction of sp³-hybridized carbons (Fsp3) is 0.500. The molecular weight excluding hydrogens is 311 g/mol. The number of amides is 1. The van der Waals surface area contributed by atoms with E-state index in [1.165, 1.54) is 19.2 Å². The summed E-state index contributed by atoms with van der Waals surface area (Å²) in [4.78, 5) is 11.4. The minimum Gasteiger partial charge on any atom is -0.384 e. The molecule has 1 aliphatic heterocycles. The van der Waals surface area contributed by atoms with Gasteiger partial charge in [-0.15, -0.1) is 0 Å². The molecule has 2 N–H and O–H groups in total. The quantitative estimate of drug-likeness (QED) is 0.851. The first-order chi connectivity index (χ1) is 10.3. The Morgan fingerprint density at radius 2 is 2.14 bits per heavy atom. The Morgan fingerprint density at radius 3 is 2.68 bits per heavy atom. The van der Waals surface area contributed by atoms with Gasteiger partial charge in [0.05, 0.1) is 17.4 Å². The Labute approximate surface area is 129 Å². The minimum absolute atomic E-state index is 0.0127. The first kappa shape index (κ1) is 16.9. The second-order valence-corrected chi connectivity index (χ2v) is 7.40. The van der Waals surface area contributed by atoms with Crippen molar-refractivity contribution in [3.05, 3.63) is 29.6 Å². The van der Waals surface area contributed by atoms with Crippen molar-refractivity contribution in [1.29, 1.82) is 0 Å². The first-order valence-corrected chi connectivity index (χ1v) is 8.26. The fourth-order valence-electron chi connectivity index (χ4n) is 2.62. The number of carbonyl (C=O) groups is 1. The fourth-order valence-corrected chi connectivity index (χ4v) is 4.15. The zero-order valence-electron chi connectivity index (χ0n) is 12.5. The summed E-state index contributed by atoms with van der Waals surface area (Å²) in [6.45, 7) is 1.90. The van der Waals surface area contributed by atoms with Gasteiger partial charge in [-0.3, -0.25) is 4.79 Å². The molecule has 1 aromatic carbocycles. The molecule has 22 heavy (non-hydrogen) atoms. The molecule has 0 radical (unpaired) electrons. The van der Waals surface area contributed by atoms with E-state index in [4.69, 9.17) is 10.5 Å². The van der Waals surface area contributed by atoms with Gasteiger partial charge in [0, 0.05) is 26.1 Å². The number of nitrogens with zero attached hydrogens (tertiary/aromatic N) is 1. The van der Waals surface area contributed by atoms with Crippen LogP contribution in [0.2, 0.25) is 0 Å². The number of primary amides is 1. The molecule has 2 rings (SSSR count). The predicted octanol–water partition coefficient (Wildman–Crippen LogP) is 0.503. The summed E-state index contributed by atoms with van der Waals surface area (Å²) in [6.07, 6.45) is 0. The van der Waals surface area contributed by atoms with Gasteiger partial charge in [0.15, 0.2) is 0 Å². The largest absolute Gasteiger partial charge is 0.384 e. The third-order valence-electron chi connectivity index (χ3n) is 3.93. The molecule has 1 heterocycles. The highest BCUT2D eigenvalue weighted by atomic mass is 32.2. The maximum absolute atomic E-state index is 13.6. The third-order valence-corrected chi connectivity index (χ3v) is 5.76. The minimum atomic E-state index is -3.87. The third kappa shape index (κ3) is 3.13. The Kier molecular flexibility index (Phi) is 4.84. The average Bonchev–Trinajstić information content (AvgIpc) is 2.87. The van der Waals surface area contributed by atoms with Crippen molar-refractivity contribution in [1.82, 2.24) is 4.31 Å². The summed E-state index contributed by atoms with van der Waals surface area (Å²) in [5, 5.41) is 0. The van der Waals surface area contributed by atoms with E-state index in [1.54, 1.807) is 6.92 Å². The molecule has 6 nitrogen and oxygen atoms in total. The Hall–Kier alpha value is -1.51. The highest BCUT2D eigenvalue weighted by molar-refractivity contribution is 7.89. The van der Waals surface area contributed by atoms with Gasteiger partial charge in [-0.05, 0) is 24.6 Å².